The van der Waals surface area contributed by atoms with Crippen molar-refractivity contribution in [1.82, 2.24) is 14.9 Å². The van der Waals surface area contributed by atoms with Gasteiger partial charge in [-0.1, -0.05) is 54.6 Å². The van der Waals surface area contributed by atoms with Crippen molar-refractivity contribution in [2.75, 3.05) is 20.2 Å². The summed E-state index contributed by atoms with van der Waals surface area (Å²) >= 11 is 0. The van der Waals surface area contributed by atoms with Gasteiger partial charge in [0.1, 0.15) is 0 Å². The molecule has 2 saturated heterocycles. The summed E-state index contributed by atoms with van der Waals surface area (Å²) in [6.07, 6.45) is 3.38. The number of piperidine rings is 2. The fourth-order valence-corrected chi connectivity index (χ4v) is 5.88. The Balaban J connectivity index is 1.43. The zero-order chi connectivity index (χ0) is 22.2. The van der Waals surface area contributed by atoms with Crippen molar-refractivity contribution in [2.45, 2.75) is 50.7 Å². The Morgan fingerprint density at radius 2 is 1.84 bits per heavy atom. The third kappa shape index (κ3) is 3.47. The van der Waals surface area contributed by atoms with Gasteiger partial charge >= 0.3 is 6.03 Å². The third-order valence-electron chi connectivity index (χ3n) is 7.52. The van der Waals surface area contributed by atoms with Crippen LogP contribution in [0.1, 0.15) is 55.0 Å². The lowest BCUT2D eigenvalue weighted by molar-refractivity contribution is -0.153. The molecular weight excluding hydrogens is 402 g/mol. The first kappa shape index (κ1) is 21.0. The minimum atomic E-state index is -0.222. The molecule has 32 heavy (non-hydrogen) atoms. The van der Waals surface area contributed by atoms with E-state index in [2.05, 4.69) is 29.2 Å². The molecule has 2 aromatic carbocycles. The molecular formula is C26H31N3O3. The number of nitrogens with zero attached hydrogens (tertiary/aromatic N) is 3. The average molecular weight is 434 g/mol. The van der Waals surface area contributed by atoms with Gasteiger partial charge in [-0.25, -0.2) is 4.79 Å². The summed E-state index contributed by atoms with van der Waals surface area (Å²) in [5.41, 5.74) is 3.58. The van der Waals surface area contributed by atoms with Crippen LogP contribution in [0, 0.1) is 5.92 Å². The van der Waals surface area contributed by atoms with Crippen LogP contribution in [0.2, 0.25) is 0 Å². The van der Waals surface area contributed by atoms with Crippen LogP contribution in [0.15, 0.2) is 54.6 Å². The Labute approximate surface area is 189 Å². The molecule has 0 radical (unpaired) electrons. The van der Waals surface area contributed by atoms with Gasteiger partial charge in [0.2, 0.25) is 5.91 Å². The van der Waals surface area contributed by atoms with E-state index in [-0.39, 0.29) is 36.0 Å². The smallest absolute Gasteiger partial charge is 0.335 e. The predicted molar refractivity (Wildman–Crippen MR) is 122 cm³/mol. The summed E-state index contributed by atoms with van der Waals surface area (Å²) in [5, 5.41) is 1.46. The number of hydrogen-bond acceptors (Lipinski definition) is 3. The molecule has 4 atom stereocenters. The number of amides is 3. The van der Waals surface area contributed by atoms with Gasteiger partial charge in [-0.15, -0.1) is 0 Å². The van der Waals surface area contributed by atoms with Gasteiger partial charge in [0.05, 0.1) is 25.1 Å². The molecule has 3 aliphatic rings. The molecule has 5 rings (SSSR count). The lowest BCUT2D eigenvalue weighted by Gasteiger charge is -2.52. The minimum absolute atomic E-state index is 0.0460. The molecule has 0 aromatic heterocycles. The molecule has 6 heteroatoms. The zero-order valence-corrected chi connectivity index (χ0v) is 18.8. The molecule has 6 nitrogen and oxygen atoms in total. The number of urea groups is 1. The van der Waals surface area contributed by atoms with Crippen LogP contribution in [-0.2, 0) is 16.1 Å². The highest BCUT2D eigenvalue weighted by atomic mass is 16.7. The van der Waals surface area contributed by atoms with Gasteiger partial charge in [-0.3, -0.25) is 9.63 Å². The quantitative estimate of drug-likeness (QED) is 0.677. The second-order valence-electron chi connectivity index (χ2n) is 9.12. The second kappa shape index (κ2) is 8.58. The standard InChI is InChI=1S/C26H31N3O3/c1-18(19-9-4-3-5-10-19)29(32-2)26(31)28-15-8-13-22-24(28)17-23-21-12-7-6-11-20(21)14-16-27(23)25(22)30/h3-7,9-12,18,22-24H,8,13-17H2,1-2H3/t18-,22?,23?,24?/m1/s1. The van der Waals surface area contributed by atoms with Gasteiger partial charge in [-0.05, 0) is 49.3 Å². The third-order valence-corrected chi connectivity index (χ3v) is 7.52. The lowest BCUT2D eigenvalue weighted by Crippen LogP contribution is -2.61. The molecule has 0 bridgehead atoms. The van der Waals surface area contributed by atoms with Crippen molar-refractivity contribution < 1.29 is 14.4 Å². The van der Waals surface area contributed by atoms with Gasteiger partial charge < -0.3 is 9.80 Å². The van der Waals surface area contributed by atoms with Crippen LogP contribution in [0.5, 0.6) is 0 Å². The number of hydroxylamine groups is 2. The highest BCUT2D eigenvalue weighted by Crippen LogP contribution is 2.44. The predicted octanol–water partition coefficient (Wildman–Crippen LogP) is 4.34. The Morgan fingerprint density at radius 1 is 1.09 bits per heavy atom. The van der Waals surface area contributed by atoms with Crippen LogP contribution >= 0.6 is 0 Å². The molecule has 3 aliphatic heterocycles. The van der Waals surface area contributed by atoms with Gasteiger partial charge in [-0.2, -0.15) is 5.06 Å². The first-order valence-corrected chi connectivity index (χ1v) is 11.7. The summed E-state index contributed by atoms with van der Waals surface area (Å²) in [6, 6.07) is 17.9. The molecule has 0 aliphatic carbocycles. The molecule has 2 aromatic rings. The van der Waals surface area contributed by atoms with Gasteiger partial charge in [0.15, 0.2) is 0 Å². The van der Waals surface area contributed by atoms with Crippen LogP contribution in [0.4, 0.5) is 4.79 Å². The fourth-order valence-electron chi connectivity index (χ4n) is 5.88. The normalized spacial score (nSPS) is 25.4. The van der Waals surface area contributed by atoms with E-state index in [1.165, 1.54) is 16.2 Å². The summed E-state index contributed by atoms with van der Waals surface area (Å²) in [6.45, 7) is 3.40. The number of rotatable bonds is 3. The van der Waals surface area contributed by atoms with Crippen molar-refractivity contribution in [2.24, 2.45) is 5.92 Å². The average Bonchev–Trinajstić information content (AvgIpc) is 2.84. The maximum Gasteiger partial charge on any atom is 0.344 e. The summed E-state index contributed by atoms with van der Waals surface area (Å²) < 4.78 is 0. The van der Waals surface area contributed by atoms with Crippen molar-refractivity contribution >= 4 is 11.9 Å². The van der Waals surface area contributed by atoms with E-state index < -0.39 is 0 Å². The molecule has 0 saturated carbocycles. The molecule has 0 spiro atoms. The SMILES string of the molecule is CON(C(=O)N1CCCC2C(=O)N3CCc4ccccc4C3CC21)[C@H](C)c1ccccc1. The zero-order valence-electron chi connectivity index (χ0n) is 18.8. The number of carbonyl (C=O) groups is 2. The Hall–Kier alpha value is -2.86. The lowest BCUT2D eigenvalue weighted by atomic mass is 9.76. The van der Waals surface area contributed by atoms with Crippen molar-refractivity contribution in [3.05, 3.63) is 71.3 Å². The number of carbonyl (C=O) groups excluding carboxylic acids is 2. The fraction of sp³-hybridized carbons (Fsp3) is 0.462. The minimum Gasteiger partial charge on any atom is -0.335 e. The van der Waals surface area contributed by atoms with Crippen LogP contribution < -0.4 is 0 Å². The first-order chi connectivity index (χ1) is 15.6. The van der Waals surface area contributed by atoms with E-state index in [4.69, 9.17) is 4.84 Å². The summed E-state index contributed by atoms with van der Waals surface area (Å²) in [4.78, 5) is 36.8. The van der Waals surface area contributed by atoms with Crippen molar-refractivity contribution in [1.29, 1.82) is 0 Å². The first-order valence-electron chi connectivity index (χ1n) is 11.7. The maximum absolute atomic E-state index is 13.7. The summed E-state index contributed by atoms with van der Waals surface area (Å²) in [5.74, 6) is 0.0817. The molecule has 0 N–H and O–H groups in total. The molecule has 3 amide bonds. The monoisotopic (exact) mass is 433 g/mol. The molecule has 2 fully saturated rings. The number of fused-ring (bicyclic) bond motifs is 4. The van der Waals surface area contributed by atoms with E-state index in [1.54, 1.807) is 7.11 Å². The topological polar surface area (TPSA) is 53.1 Å². The van der Waals surface area contributed by atoms with E-state index >= 15 is 0 Å². The Morgan fingerprint density at radius 3 is 2.62 bits per heavy atom. The molecule has 3 unspecified atom stereocenters. The van der Waals surface area contributed by atoms with Crippen LogP contribution in [0.25, 0.3) is 0 Å². The van der Waals surface area contributed by atoms with Gasteiger partial charge in [0, 0.05) is 19.1 Å². The Kier molecular flexibility index (Phi) is 5.64. The highest BCUT2D eigenvalue weighted by Gasteiger charge is 2.49. The second-order valence-corrected chi connectivity index (χ2v) is 9.12. The van der Waals surface area contributed by atoms with Crippen molar-refractivity contribution in [3.63, 3.8) is 0 Å². The Bertz CT molecular complexity index is 995. The number of likely N-dealkylation sites (tertiary alicyclic amines) is 1. The van der Waals surface area contributed by atoms with Crippen molar-refractivity contribution in [3.8, 4) is 0 Å². The molecule has 3 heterocycles. The maximum atomic E-state index is 13.7. The largest absolute Gasteiger partial charge is 0.344 e. The number of benzene rings is 2. The highest BCUT2D eigenvalue weighted by molar-refractivity contribution is 5.83. The van der Waals surface area contributed by atoms with Gasteiger partial charge in [0.25, 0.3) is 0 Å². The van der Waals surface area contributed by atoms with Crippen LogP contribution in [0.3, 0.4) is 0 Å². The van der Waals surface area contributed by atoms with E-state index in [1.807, 2.05) is 42.2 Å². The van der Waals surface area contributed by atoms with Crippen LogP contribution in [-0.4, -0.2) is 53.0 Å². The van der Waals surface area contributed by atoms with E-state index in [9.17, 15) is 9.59 Å². The number of hydrogen-bond donors (Lipinski definition) is 0. The van der Waals surface area contributed by atoms with E-state index in [0.29, 0.717) is 6.54 Å². The van der Waals surface area contributed by atoms with E-state index in [0.717, 1.165) is 37.8 Å². The molecule has 168 valence electrons. The summed E-state index contributed by atoms with van der Waals surface area (Å²) in [7, 11) is 1.55.